The van der Waals surface area contributed by atoms with Crippen molar-refractivity contribution in [3.05, 3.63) is 34.3 Å². The summed E-state index contributed by atoms with van der Waals surface area (Å²) < 4.78 is 0.913. The van der Waals surface area contributed by atoms with E-state index < -0.39 is 11.9 Å². The fourth-order valence-electron chi connectivity index (χ4n) is 1.70. The Morgan fingerprint density at radius 2 is 2.00 bits per heavy atom. The van der Waals surface area contributed by atoms with Crippen LogP contribution in [0.15, 0.2) is 28.7 Å². The summed E-state index contributed by atoms with van der Waals surface area (Å²) in [4.78, 5) is 11.2. The van der Waals surface area contributed by atoms with Crippen molar-refractivity contribution in [3.8, 4) is 0 Å². The van der Waals surface area contributed by atoms with E-state index in [1.807, 2.05) is 45.0 Å². The third-order valence-electron chi connectivity index (χ3n) is 2.29. The SMILES string of the molecule is CC(C)(C)C(C(=O)O)c1cccc(Br)c1. The van der Waals surface area contributed by atoms with Gasteiger partial charge in [0, 0.05) is 4.47 Å². The Morgan fingerprint density at radius 3 is 2.40 bits per heavy atom. The molecule has 0 saturated heterocycles. The molecule has 1 rings (SSSR count). The maximum absolute atomic E-state index is 11.2. The highest BCUT2D eigenvalue weighted by Crippen LogP contribution is 2.35. The van der Waals surface area contributed by atoms with Crippen molar-refractivity contribution in [2.45, 2.75) is 26.7 Å². The molecule has 0 saturated carbocycles. The molecule has 3 heteroatoms. The van der Waals surface area contributed by atoms with Gasteiger partial charge in [0.1, 0.15) is 0 Å². The van der Waals surface area contributed by atoms with Crippen LogP contribution in [0.5, 0.6) is 0 Å². The molecule has 0 radical (unpaired) electrons. The minimum absolute atomic E-state index is 0.285. The Labute approximate surface area is 98.4 Å². The summed E-state index contributed by atoms with van der Waals surface area (Å²) in [6.45, 7) is 5.81. The molecule has 1 N–H and O–H groups in total. The largest absolute Gasteiger partial charge is 0.481 e. The van der Waals surface area contributed by atoms with Crippen LogP contribution in [0.4, 0.5) is 0 Å². The van der Waals surface area contributed by atoms with Gasteiger partial charge in [0.15, 0.2) is 0 Å². The van der Waals surface area contributed by atoms with E-state index in [1.54, 1.807) is 0 Å². The van der Waals surface area contributed by atoms with Crippen LogP contribution in [0.3, 0.4) is 0 Å². The quantitative estimate of drug-likeness (QED) is 0.891. The van der Waals surface area contributed by atoms with Crippen molar-refractivity contribution in [3.63, 3.8) is 0 Å². The van der Waals surface area contributed by atoms with E-state index in [2.05, 4.69) is 15.9 Å². The van der Waals surface area contributed by atoms with E-state index in [4.69, 9.17) is 0 Å². The summed E-state index contributed by atoms with van der Waals surface area (Å²) >= 11 is 3.35. The number of hydrogen-bond acceptors (Lipinski definition) is 1. The van der Waals surface area contributed by atoms with Crippen molar-refractivity contribution >= 4 is 21.9 Å². The zero-order valence-electron chi connectivity index (χ0n) is 9.12. The van der Waals surface area contributed by atoms with Gasteiger partial charge in [-0.15, -0.1) is 0 Å². The van der Waals surface area contributed by atoms with Crippen LogP contribution in [-0.4, -0.2) is 11.1 Å². The summed E-state index contributed by atoms with van der Waals surface area (Å²) in [7, 11) is 0. The van der Waals surface area contributed by atoms with Crippen LogP contribution < -0.4 is 0 Å². The van der Waals surface area contributed by atoms with Crippen LogP contribution >= 0.6 is 15.9 Å². The molecule has 1 atom stereocenters. The first-order chi connectivity index (χ1) is 6.82. The monoisotopic (exact) mass is 270 g/mol. The lowest BCUT2D eigenvalue weighted by Crippen LogP contribution is -2.26. The molecule has 1 aromatic carbocycles. The van der Waals surface area contributed by atoms with E-state index in [0.29, 0.717) is 0 Å². The smallest absolute Gasteiger partial charge is 0.311 e. The second-order valence-electron chi connectivity index (χ2n) is 4.69. The number of rotatable bonds is 2. The predicted octanol–water partition coefficient (Wildman–Crippen LogP) is 3.66. The molecule has 15 heavy (non-hydrogen) atoms. The summed E-state index contributed by atoms with van der Waals surface area (Å²) in [6.07, 6.45) is 0. The highest BCUT2D eigenvalue weighted by molar-refractivity contribution is 9.10. The lowest BCUT2D eigenvalue weighted by Gasteiger charge is -2.27. The average molecular weight is 271 g/mol. The second kappa shape index (κ2) is 4.35. The standard InChI is InChI=1S/C12H15BrO2/c1-12(2,3)10(11(14)15)8-5-4-6-9(13)7-8/h4-7,10H,1-3H3,(H,14,15). The van der Waals surface area contributed by atoms with Gasteiger partial charge in [-0.3, -0.25) is 4.79 Å². The Kier molecular flexibility index (Phi) is 3.55. The van der Waals surface area contributed by atoms with Crippen LogP contribution in [0.1, 0.15) is 32.3 Å². The van der Waals surface area contributed by atoms with Gasteiger partial charge in [-0.25, -0.2) is 0 Å². The van der Waals surface area contributed by atoms with Gasteiger partial charge < -0.3 is 5.11 Å². The minimum Gasteiger partial charge on any atom is -0.481 e. The lowest BCUT2D eigenvalue weighted by atomic mass is 9.76. The van der Waals surface area contributed by atoms with Crippen LogP contribution in [0.25, 0.3) is 0 Å². The highest BCUT2D eigenvalue weighted by atomic mass is 79.9. The molecule has 0 aliphatic heterocycles. The van der Waals surface area contributed by atoms with Crippen molar-refractivity contribution in [2.24, 2.45) is 5.41 Å². The first kappa shape index (κ1) is 12.2. The minimum atomic E-state index is -0.777. The molecule has 0 bridgehead atoms. The number of hydrogen-bond donors (Lipinski definition) is 1. The van der Waals surface area contributed by atoms with Crippen molar-refractivity contribution in [1.82, 2.24) is 0 Å². The molecule has 0 amide bonds. The number of aliphatic carboxylic acids is 1. The fourth-order valence-corrected chi connectivity index (χ4v) is 2.12. The van der Waals surface area contributed by atoms with E-state index in [0.717, 1.165) is 10.0 Å². The van der Waals surface area contributed by atoms with Crippen molar-refractivity contribution < 1.29 is 9.90 Å². The van der Waals surface area contributed by atoms with Gasteiger partial charge in [-0.05, 0) is 23.1 Å². The van der Waals surface area contributed by atoms with E-state index in [-0.39, 0.29) is 5.41 Å². The molecular weight excluding hydrogens is 256 g/mol. The Morgan fingerprint density at radius 1 is 1.40 bits per heavy atom. The third-order valence-corrected chi connectivity index (χ3v) is 2.79. The zero-order valence-corrected chi connectivity index (χ0v) is 10.7. The number of carboxylic acids is 1. The molecule has 0 aliphatic carbocycles. The number of carbonyl (C=O) groups is 1. The third kappa shape index (κ3) is 3.06. The molecule has 1 aromatic rings. The summed E-state index contributed by atoms with van der Waals surface area (Å²) in [5.41, 5.74) is 0.552. The van der Waals surface area contributed by atoms with Gasteiger partial charge in [-0.2, -0.15) is 0 Å². The molecule has 82 valence electrons. The normalized spacial score (nSPS) is 13.6. The Balaban J connectivity index is 3.16. The van der Waals surface area contributed by atoms with Crippen LogP contribution in [0.2, 0.25) is 0 Å². The topological polar surface area (TPSA) is 37.3 Å². The molecule has 0 aliphatic rings. The fraction of sp³-hybridized carbons (Fsp3) is 0.417. The summed E-state index contributed by atoms with van der Waals surface area (Å²) in [5.74, 6) is -1.25. The van der Waals surface area contributed by atoms with E-state index >= 15 is 0 Å². The average Bonchev–Trinajstić information content (AvgIpc) is 1.99. The first-order valence-corrected chi connectivity index (χ1v) is 5.60. The van der Waals surface area contributed by atoms with E-state index in [9.17, 15) is 9.90 Å². The summed E-state index contributed by atoms with van der Waals surface area (Å²) in [5, 5.41) is 9.24. The molecule has 2 nitrogen and oxygen atoms in total. The number of carboxylic acid groups (broad SMARTS) is 1. The maximum Gasteiger partial charge on any atom is 0.311 e. The highest BCUT2D eigenvalue weighted by Gasteiger charge is 2.32. The van der Waals surface area contributed by atoms with Gasteiger partial charge in [-0.1, -0.05) is 48.8 Å². The summed E-state index contributed by atoms with van der Waals surface area (Å²) in [6, 6.07) is 7.48. The molecule has 0 heterocycles. The molecule has 0 aromatic heterocycles. The molecule has 0 fully saturated rings. The first-order valence-electron chi connectivity index (χ1n) is 4.80. The maximum atomic E-state index is 11.2. The molecular formula is C12H15BrO2. The predicted molar refractivity (Wildman–Crippen MR) is 64.0 cm³/mol. The number of benzene rings is 1. The van der Waals surface area contributed by atoms with E-state index in [1.165, 1.54) is 0 Å². The lowest BCUT2D eigenvalue weighted by molar-refractivity contribution is -0.141. The van der Waals surface area contributed by atoms with Gasteiger partial charge in [0.2, 0.25) is 0 Å². The van der Waals surface area contributed by atoms with Crippen molar-refractivity contribution in [1.29, 1.82) is 0 Å². The Bertz CT molecular complexity index is 366. The van der Waals surface area contributed by atoms with Crippen molar-refractivity contribution in [2.75, 3.05) is 0 Å². The second-order valence-corrected chi connectivity index (χ2v) is 5.61. The molecule has 0 spiro atoms. The zero-order chi connectivity index (χ0) is 11.6. The van der Waals surface area contributed by atoms with Gasteiger partial charge in [0.05, 0.1) is 5.92 Å². The van der Waals surface area contributed by atoms with Crippen LogP contribution in [-0.2, 0) is 4.79 Å². The molecule has 1 unspecified atom stereocenters. The van der Waals surface area contributed by atoms with Gasteiger partial charge in [0.25, 0.3) is 0 Å². The number of halogens is 1. The van der Waals surface area contributed by atoms with Gasteiger partial charge >= 0.3 is 5.97 Å². The van der Waals surface area contributed by atoms with Crippen LogP contribution in [0, 0.1) is 5.41 Å². The Hall–Kier alpha value is -0.830.